The quantitative estimate of drug-likeness (QED) is 0.525. The van der Waals surface area contributed by atoms with E-state index in [-0.39, 0.29) is 0 Å². The fourth-order valence-electron chi connectivity index (χ4n) is 2.27. The van der Waals surface area contributed by atoms with Crippen LogP contribution < -0.4 is 5.32 Å². The summed E-state index contributed by atoms with van der Waals surface area (Å²) >= 11 is 0. The largest absolute Gasteiger partial charge is 0.311 e. The predicted octanol–water partition coefficient (Wildman–Crippen LogP) is 0.442. The molecule has 2 aliphatic heterocycles. The summed E-state index contributed by atoms with van der Waals surface area (Å²) in [5.41, 5.74) is 0. The first-order valence-corrected chi connectivity index (χ1v) is 4.35. The van der Waals surface area contributed by atoms with Crippen molar-refractivity contribution >= 4 is 0 Å². The number of nitrogens with one attached hydrogen (secondary N) is 1. The van der Waals surface area contributed by atoms with Crippen LogP contribution in [0.5, 0.6) is 0 Å². The van der Waals surface area contributed by atoms with Gasteiger partial charge in [0.25, 0.3) is 0 Å². The highest BCUT2D eigenvalue weighted by Crippen LogP contribution is 2.21. The van der Waals surface area contributed by atoms with Gasteiger partial charge in [-0.15, -0.1) is 0 Å². The second-order valence-electron chi connectivity index (χ2n) is 3.49. The summed E-state index contributed by atoms with van der Waals surface area (Å²) in [5, 5.41) is 3.51. The van der Waals surface area contributed by atoms with Crippen molar-refractivity contribution < 1.29 is 0 Å². The number of hydrogen-bond donors (Lipinski definition) is 1. The molecule has 2 nitrogen and oxygen atoms in total. The van der Waals surface area contributed by atoms with Gasteiger partial charge >= 0.3 is 0 Å². The van der Waals surface area contributed by atoms with Crippen LogP contribution in [0, 0.1) is 0 Å². The molecule has 0 radical (unpaired) electrons. The predicted molar refractivity (Wildman–Crippen MR) is 42.1 cm³/mol. The van der Waals surface area contributed by atoms with Crippen molar-refractivity contribution in [3.8, 4) is 0 Å². The van der Waals surface area contributed by atoms with Crippen molar-refractivity contribution in [1.82, 2.24) is 10.2 Å². The summed E-state index contributed by atoms with van der Waals surface area (Å²) in [6.45, 7) is 6.12. The maximum Gasteiger partial charge on any atom is 0.0247 e. The molecular formula is C8H16N2. The minimum absolute atomic E-state index is 0.733. The van der Waals surface area contributed by atoms with Crippen LogP contribution in [0.4, 0.5) is 0 Å². The summed E-state index contributed by atoms with van der Waals surface area (Å²) < 4.78 is 0. The molecule has 0 saturated carbocycles. The second-order valence-corrected chi connectivity index (χ2v) is 3.49. The molecule has 2 atom stereocenters. The molecule has 2 fully saturated rings. The van der Waals surface area contributed by atoms with Crippen molar-refractivity contribution in [2.75, 3.05) is 19.6 Å². The number of hydrogen-bond acceptors (Lipinski definition) is 2. The average Bonchev–Trinajstić information content (AvgIpc) is 2.36. The number of fused-ring (bicyclic) bond motifs is 1. The van der Waals surface area contributed by atoms with Crippen LogP contribution in [0.25, 0.3) is 0 Å². The molecule has 0 aromatic carbocycles. The molecule has 0 amide bonds. The van der Waals surface area contributed by atoms with Gasteiger partial charge in [0.15, 0.2) is 0 Å². The highest BCUT2D eigenvalue weighted by atomic mass is 15.2. The number of piperazine rings is 1. The molecule has 1 N–H and O–H groups in total. The Morgan fingerprint density at radius 2 is 2.30 bits per heavy atom. The van der Waals surface area contributed by atoms with Crippen molar-refractivity contribution in [2.24, 2.45) is 0 Å². The third-order valence-electron chi connectivity index (χ3n) is 2.86. The van der Waals surface area contributed by atoms with Crippen molar-refractivity contribution in [2.45, 2.75) is 31.8 Å². The Morgan fingerprint density at radius 3 is 3.10 bits per heavy atom. The van der Waals surface area contributed by atoms with Crippen LogP contribution >= 0.6 is 0 Å². The summed E-state index contributed by atoms with van der Waals surface area (Å²) in [7, 11) is 0. The van der Waals surface area contributed by atoms with Crippen LogP contribution in [0.15, 0.2) is 0 Å². The lowest BCUT2D eigenvalue weighted by Gasteiger charge is -2.35. The highest BCUT2D eigenvalue weighted by Gasteiger charge is 2.31. The van der Waals surface area contributed by atoms with E-state index in [9.17, 15) is 0 Å². The van der Waals surface area contributed by atoms with Gasteiger partial charge in [0, 0.05) is 25.2 Å². The Hall–Kier alpha value is -0.0800. The van der Waals surface area contributed by atoms with Crippen molar-refractivity contribution in [3.05, 3.63) is 0 Å². The summed E-state index contributed by atoms with van der Waals surface area (Å²) in [4.78, 5) is 2.63. The standard InChI is InChI=1S/C8H16N2/c1-7-8-3-2-5-10(8)6-4-9-7/h7-9H,2-6H2,1H3/t7-,8+/m0/s1. The number of nitrogens with zero attached hydrogens (tertiary/aromatic N) is 1. The topological polar surface area (TPSA) is 15.3 Å². The van der Waals surface area contributed by atoms with Crippen LogP contribution in [-0.2, 0) is 0 Å². The van der Waals surface area contributed by atoms with Gasteiger partial charge in [-0.3, -0.25) is 4.90 Å². The van der Waals surface area contributed by atoms with E-state index in [1.807, 2.05) is 0 Å². The van der Waals surface area contributed by atoms with E-state index < -0.39 is 0 Å². The molecule has 2 rings (SSSR count). The smallest absolute Gasteiger partial charge is 0.0247 e. The summed E-state index contributed by atoms with van der Waals surface area (Å²) in [6.07, 6.45) is 2.82. The van der Waals surface area contributed by atoms with Crippen molar-refractivity contribution in [3.63, 3.8) is 0 Å². The second kappa shape index (κ2) is 2.51. The molecule has 0 aliphatic carbocycles. The monoisotopic (exact) mass is 140 g/mol. The van der Waals surface area contributed by atoms with Crippen LogP contribution in [0.1, 0.15) is 19.8 Å². The molecule has 0 bridgehead atoms. The molecular weight excluding hydrogens is 124 g/mol. The Morgan fingerprint density at radius 1 is 1.40 bits per heavy atom. The van der Waals surface area contributed by atoms with E-state index in [0.29, 0.717) is 0 Å². The van der Waals surface area contributed by atoms with Gasteiger partial charge in [-0.2, -0.15) is 0 Å². The van der Waals surface area contributed by atoms with E-state index in [1.54, 1.807) is 0 Å². The van der Waals surface area contributed by atoms with Crippen LogP contribution in [0.2, 0.25) is 0 Å². The van der Waals surface area contributed by atoms with Gasteiger partial charge in [-0.05, 0) is 26.3 Å². The first-order chi connectivity index (χ1) is 4.88. The first-order valence-electron chi connectivity index (χ1n) is 4.35. The lowest BCUT2D eigenvalue weighted by Crippen LogP contribution is -2.53. The SMILES string of the molecule is C[C@@H]1NCCN2CCC[C@H]12. The summed E-state index contributed by atoms with van der Waals surface area (Å²) in [6, 6.07) is 1.59. The molecule has 0 spiro atoms. The first kappa shape index (κ1) is 6.62. The third kappa shape index (κ3) is 0.956. The zero-order valence-electron chi connectivity index (χ0n) is 6.64. The number of rotatable bonds is 0. The van der Waals surface area contributed by atoms with Gasteiger partial charge < -0.3 is 5.32 Å². The van der Waals surface area contributed by atoms with Gasteiger partial charge in [-0.25, -0.2) is 0 Å². The van der Waals surface area contributed by atoms with Gasteiger partial charge in [0.2, 0.25) is 0 Å². The Labute approximate surface area is 62.6 Å². The van der Waals surface area contributed by atoms with Gasteiger partial charge in [-0.1, -0.05) is 0 Å². The lowest BCUT2D eigenvalue weighted by atomic mass is 10.1. The maximum atomic E-state index is 3.51. The van der Waals surface area contributed by atoms with E-state index in [2.05, 4.69) is 17.1 Å². The van der Waals surface area contributed by atoms with Gasteiger partial charge in [0.05, 0.1) is 0 Å². The zero-order chi connectivity index (χ0) is 6.97. The van der Waals surface area contributed by atoms with Gasteiger partial charge in [0.1, 0.15) is 0 Å². The minimum atomic E-state index is 0.733. The molecule has 58 valence electrons. The molecule has 10 heavy (non-hydrogen) atoms. The maximum absolute atomic E-state index is 3.51. The normalized spacial score (nSPS) is 41.7. The average molecular weight is 140 g/mol. The lowest BCUT2D eigenvalue weighted by molar-refractivity contribution is 0.171. The molecule has 2 heteroatoms. The van der Waals surface area contributed by atoms with E-state index in [4.69, 9.17) is 0 Å². The van der Waals surface area contributed by atoms with E-state index in [1.165, 1.54) is 32.5 Å². The fraction of sp³-hybridized carbons (Fsp3) is 1.00. The molecule has 2 aliphatic rings. The third-order valence-corrected chi connectivity index (χ3v) is 2.86. The highest BCUT2D eigenvalue weighted by molar-refractivity contribution is 4.90. The minimum Gasteiger partial charge on any atom is -0.311 e. The molecule has 0 unspecified atom stereocenters. The van der Waals surface area contributed by atoms with Crippen LogP contribution in [0.3, 0.4) is 0 Å². The fourth-order valence-corrected chi connectivity index (χ4v) is 2.27. The molecule has 0 aromatic heterocycles. The zero-order valence-corrected chi connectivity index (χ0v) is 6.64. The van der Waals surface area contributed by atoms with Crippen LogP contribution in [-0.4, -0.2) is 36.6 Å². The molecule has 2 saturated heterocycles. The summed E-state index contributed by atoms with van der Waals surface area (Å²) in [5.74, 6) is 0. The van der Waals surface area contributed by atoms with E-state index >= 15 is 0 Å². The Kier molecular flexibility index (Phi) is 1.66. The molecule has 0 aromatic rings. The van der Waals surface area contributed by atoms with Crippen molar-refractivity contribution in [1.29, 1.82) is 0 Å². The molecule has 2 heterocycles. The Bertz CT molecular complexity index is 124. The van der Waals surface area contributed by atoms with E-state index in [0.717, 1.165) is 12.1 Å². The Balaban J connectivity index is 2.03.